The summed E-state index contributed by atoms with van der Waals surface area (Å²) < 4.78 is 16.9. The number of alkyl carbamates (subject to hydrolysis) is 1. The number of aromatic amines is 2. The summed E-state index contributed by atoms with van der Waals surface area (Å²) in [4.78, 5) is 74.3. The van der Waals surface area contributed by atoms with Gasteiger partial charge in [0, 0.05) is 43.8 Å². The van der Waals surface area contributed by atoms with E-state index < -0.39 is 24.3 Å². The molecule has 0 bridgehead atoms. The summed E-state index contributed by atoms with van der Waals surface area (Å²) in [6, 6.07) is 12.5. The third-order valence-corrected chi connectivity index (χ3v) is 13.7. The Balaban J connectivity index is 0.965. The molecule has 332 valence electrons. The number of likely N-dealkylation sites (tertiary alicyclic amines) is 2. The van der Waals surface area contributed by atoms with Crippen LogP contribution in [-0.2, 0) is 25.7 Å². The topological polar surface area (TPSA) is 195 Å². The van der Waals surface area contributed by atoms with Gasteiger partial charge in [-0.05, 0) is 103 Å². The van der Waals surface area contributed by atoms with E-state index in [-0.39, 0.29) is 47.7 Å². The van der Waals surface area contributed by atoms with Gasteiger partial charge in [0.2, 0.25) is 11.8 Å². The van der Waals surface area contributed by atoms with Gasteiger partial charge in [-0.3, -0.25) is 14.5 Å². The van der Waals surface area contributed by atoms with Crippen molar-refractivity contribution >= 4 is 45.8 Å². The zero-order chi connectivity index (χ0) is 44.3. The molecule has 5 aromatic rings. The van der Waals surface area contributed by atoms with Crippen molar-refractivity contribution in [2.24, 2.45) is 17.8 Å². The largest absolute Gasteiger partial charge is 0.488 e. The molecule has 0 unspecified atom stereocenters. The Morgan fingerprint density at radius 1 is 0.952 bits per heavy atom. The Hall–Kier alpha value is -6.16. The molecule has 4 N–H and O–H groups in total. The van der Waals surface area contributed by atoms with E-state index in [4.69, 9.17) is 24.2 Å². The zero-order valence-corrected chi connectivity index (χ0v) is 36.6. The van der Waals surface area contributed by atoms with E-state index in [2.05, 4.69) is 58.6 Å². The van der Waals surface area contributed by atoms with Crippen LogP contribution in [0.5, 0.6) is 5.75 Å². The third kappa shape index (κ3) is 7.72. The molecule has 3 fully saturated rings. The Bertz CT molecular complexity index is 2580. The first-order chi connectivity index (χ1) is 30.3. The minimum absolute atomic E-state index is 0.0319. The molecular weight excluding hydrogens is 805 g/mol. The number of methoxy groups -OCH3 is 1. The summed E-state index contributed by atoms with van der Waals surface area (Å²) in [5, 5.41) is 14.6. The van der Waals surface area contributed by atoms with Gasteiger partial charge in [0.05, 0.1) is 42.1 Å². The van der Waals surface area contributed by atoms with Crippen LogP contribution in [0.2, 0.25) is 0 Å². The first kappa shape index (κ1) is 42.2. The maximum Gasteiger partial charge on any atom is 0.407 e. The molecule has 4 amide bonds. The summed E-state index contributed by atoms with van der Waals surface area (Å²) in [6.45, 7) is 9.87. The lowest BCUT2D eigenvalue weighted by atomic mass is 9.90. The Morgan fingerprint density at radius 2 is 1.75 bits per heavy atom. The first-order valence-corrected chi connectivity index (χ1v) is 22.1. The standard InChI is InChI=1S/C47H56N8O8/c1-24(2)41(53(5)47(59)60)45(57)54-22-25(3)17-37(54)43-49-34-11-9-28-19-33-31-10-8-29(18-30(31)23-63-38(33)20-32(28)40(34)51-43)35-21-48-42(50-35)36-12-7-26(4)55(36)44(56)39(52-46(58)61-6)27-13-15-62-16-14-27/h8-11,18-21,24-27,36-37,39,41H,7,12-17,22-23H2,1-6H3,(H,48,50)(H,49,51)(H,52,58)(H,59,60)/t25-,26-,36-,37-,39-,41-/m0/s1. The summed E-state index contributed by atoms with van der Waals surface area (Å²) in [5.41, 5.74) is 6.52. The third-order valence-electron chi connectivity index (χ3n) is 13.7. The molecule has 0 saturated carbocycles. The number of imidazole rings is 2. The molecule has 0 radical (unpaired) electrons. The summed E-state index contributed by atoms with van der Waals surface area (Å²) in [6.07, 6.45) is 3.69. The number of H-pyrrole nitrogens is 2. The highest BCUT2D eigenvalue weighted by Crippen LogP contribution is 2.44. The molecule has 16 nitrogen and oxygen atoms in total. The predicted octanol–water partition coefficient (Wildman–Crippen LogP) is 7.41. The van der Waals surface area contributed by atoms with Gasteiger partial charge >= 0.3 is 12.2 Å². The fourth-order valence-corrected chi connectivity index (χ4v) is 10.4. The number of amides is 4. The maximum absolute atomic E-state index is 14.3. The van der Waals surface area contributed by atoms with E-state index in [0.29, 0.717) is 57.3 Å². The lowest BCUT2D eigenvalue weighted by Crippen LogP contribution is -2.54. The lowest BCUT2D eigenvalue weighted by molar-refractivity contribution is -0.139. The SMILES string of the molecule is COC(=O)N[C@H](C(=O)N1[C@@H](C)CC[C@H]1c1ncc(-c2ccc3c(c2)COc2cc4c(ccc5nc([C@@H]6C[C@H](C)CN6C(=O)[C@H](C(C)C)N(C)C(=O)O)[nH]c54)cc2-3)[nH]1)C1CCOCC1. The second-order valence-electron chi connectivity index (χ2n) is 18.2. The molecule has 0 aliphatic carbocycles. The number of carboxylic acid groups (broad SMARTS) is 1. The number of rotatable bonds is 9. The van der Waals surface area contributed by atoms with Gasteiger partial charge in [0.1, 0.15) is 36.1 Å². The number of carbonyl (C=O) groups is 4. The van der Waals surface area contributed by atoms with Crippen molar-refractivity contribution in [3.8, 4) is 28.1 Å². The normalized spacial score (nSPS) is 22.1. The fraction of sp³-hybridized carbons (Fsp3) is 0.489. The number of likely N-dealkylation sites (N-methyl/N-ethyl adjacent to an activating group) is 1. The second-order valence-corrected chi connectivity index (χ2v) is 18.2. The number of ether oxygens (including phenoxy) is 3. The van der Waals surface area contributed by atoms with E-state index in [1.54, 1.807) is 4.90 Å². The van der Waals surface area contributed by atoms with Crippen molar-refractivity contribution in [3.63, 3.8) is 0 Å². The summed E-state index contributed by atoms with van der Waals surface area (Å²) >= 11 is 0. The van der Waals surface area contributed by atoms with Crippen LogP contribution >= 0.6 is 0 Å². The highest BCUT2D eigenvalue weighted by molar-refractivity contribution is 6.07. The van der Waals surface area contributed by atoms with Crippen molar-refractivity contribution in [2.45, 2.75) is 96.6 Å². The van der Waals surface area contributed by atoms with Crippen LogP contribution in [-0.4, -0.2) is 116 Å². The van der Waals surface area contributed by atoms with Gasteiger partial charge < -0.3 is 44.4 Å². The van der Waals surface area contributed by atoms with Crippen molar-refractivity contribution < 1.29 is 38.5 Å². The van der Waals surface area contributed by atoms with E-state index >= 15 is 0 Å². The number of nitrogens with one attached hydrogen (secondary N) is 3. The van der Waals surface area contributed by atoms with E-state index in [9.17, 15) is 24.3 Å². The van der Waals surface area contributed by atoms with E-state index in [1.165, 1.54) is 14.2 Å². The zero-order valence-electron chi connectivity index (χ0n) is 36.6. The molecule has 3 saturated heterocycles. The maximum atomic E-state index is 14.3. The Kier molecular flexibility index (Phi) is 11.3. The smallest absolute Gasteiger partial charge is 0.407 e. The highest BCUT2D eigenvalue weighted by atomic mass is 16.5. The number of benzene rings is 3. The molecule has 3 aromatic carbocycles. The molecule has 4 aliphatic heterocycles. The lowest BCUT2D eigenvalue weighted by Gasteiger charge is -2.36. The first-order valence-electron chi connectivity index (χ1n) is 22.1. The molecule has 16 heteroatoms. The fourth-order valence-electron chi connectivity index (χ4n) is 10.4. The molecule has 6 atom stereocenters. The van der Waals surface area contributed by atoms with Gasteiger partial charge in [-0.25, -0.2) is 19.6 Å². The average molecular weight is 861 g/mol. The summed E-state index contributed by atoms with van der Waals surface area (Å²) in [7, 11) is 2.76. The minimum atomic E-state index is -1.13. The van der Waals surface area contributed by atoms with Crippen LogP contribution in [0.25, 0.3) is 44.2 Å². The Morgan fingerprint density at radius 3 is 2.49 bits per heavy atom. The predicted molar refractivity (Wildman–Crippen MR) is 235 cm³/mol. The second kappa shape index (κ2) is 16.8. The molecule has 2 aromatic heterocycles. The quantitative estimate of drug-likeness (QED) is 0.116. The van der Waals surface area contributed by atoms with Gasteiger partial charge in [0.15, 0.2) is 0 Å². The van der Waals surface area contributed by atoms with Crippen LogP contribution < -0.4 is 10.1 Å². The number of fused-ring (bicyclic) bond motifs is 6. The van der Waals surface area contributed by atoms with Gasteiger partial charge in [-0.15, -0.1) is 0 Å². The minimum Gasteiger partial charge on any atom is -0.488 e. The molecular formula is C47H56N8O8. The van der Waals surface area contributed by atoms with Crippen LogP contribution in [0.1, 0.15) is 89.1 Å². The van der Waals surface area contributed by atoms with Crippen molar-refractivity contribution in [1.82, 2.24) is 40.0 Å². The number of nitrogens with zero attached hydrogens (tertiary/aromatic N) is 5. The van der Waals surface area contributed by atoms with Crippen molar-refractivity contribution in [3.05, 3.63) is 65.9 Å². The van der Waals surface area contributed by atoms with E-state index in [1.807, 2.05) is 37.9 Å². The highest BCUT2D eigenvalue weighted by Gasteiger charge is 2.44. The van der Waals surface area contributed by atoms with Gasteiger partial charge in [-0.1, -0.05) is 39.0 Å². The Labute approximate surface area is 365 Å². The number of aromatic nitrogens is 4. The van der Waals surface area contributed by atoms with Crippen LogP contribution in [0.4, 0.5) is 9.59 Å². The molecule has 0 spiro atoms. The molecule has 9 rings (SSSR count). The van der Waals surface area contributed by atoms with Crippen LogP contribution in [0.3, 0.4) is 0 Å². The van der Waals surface area contributed by atoms with Gasteiger partial charge in [0.25, 0.3) is 0 Å². The molecule has 4 aliphatic rings. The van der Waals surface area contributed by atoms with Crippen LogP contribution in [0, 0.1) is 17.8 Å². The monoisotopic (exact) mass is 860 g/mol. The average Bonchev–Trinajstić information content (AvgIpc) is 4.10. The molecule has 6 heterocycles. The number of hydrogen-bond donors (Lipinski definition) is 4. The van der Waals surface area contributed by atoms with Crippen molar-refractivity contribution in [1.29, 1.82) is 0 Å². The van der Waals surface area contributed by atoms with E-state index in [0.717, 1.165) is 73.2 Å². The van der Waals surface area contributed by atoms with Gasteiger partial charge in [-0.2, -0.15) is 0 Å². The number of hydrogen-bond acceptors (Lipinski definition) is 9. The van der Waals surface area contributed by atoms with Crippen LogP contribution in [0.15, 0.2) is 48.7 Å². The number of carbonyl (C=O) groups excluding carboxylic acids is 3. The summed E-state index contributed by atoms with van der Waals surface area (Å²) in [5.74, 6) is 1.78. The molecule has 63 heavy (non-hydrogen) atoms. The van der Waals surface area contributed by atoms with Crippen molar-refractivity contribution in [2.75, 3.05) is 33.9 Å².